The fourth-order valence-corrected chi connectivity index (χ4v) is 3.03. The van der Waals surface area contributed by atoms with E-state index in [0.717, 1.165) is 5.56 Å². The summed E-state index contributed by atoms with van der Waals surface area (Å²) in [5.74, 6) is 0.455. The number of benzene rings is 1. The van der Waals surface area contributed by atoms with Gasteiger partial charge in [0.05, 0.1) is 5.56 Å². The van der Waals surface area contributed by atoms with Crippen LogP contribution in [-0.4, -0.2) is 12.0 Å². The zero-order chi connectivity index (χ0) is 12.5. The summed E-state index contributed by atoms with van der Waals surface area (Å²) < 4.78 is 5.43. The van der Waals surface area contributed by atoms with E-state index in [-0.39, 0.29) is 12.2 Å². The SMILES string of the molecule is CC1CCCCC1NC1OC(=O)c2ccccc21. The Morgan fingerprint density at radius 2 is 2.00 bits per heavy atom. The lowest BCUT2D eigenvalue weighted by Crippen LogP contribution is -2.39. The van der Waals surface area contributed by atoms with E-state index in [9.17, 15) is 4.79 Å². The average Bonchev–Trinajstić information content (AvgIpc) is 2.70. The van der Waals surface area contributed by atoms with Crippen LogP contribution in [0.15, 0.2) is 24.3 Å². The quantitative estimate of drug-likeness (QED) is 0.814. The summed E-state index contributed by atoms with van der Waals surface area (Å²) in [5, 5.41) is 3.51. The van der Waals surface area contributed by atoms with Crippen molar-refractivity contribution < 1.29 is 9.53 Å². The van der Waals surface area contributed by atoms with Gasteiger partial charge in [-0.2, -0.15) is 0 Å². The minimum Gasteiger partial charge on any atom is -0.439 e. The minimum atomic E-state index is -0.251. The minimum absolute atomic E-state index is 0.202. The summed E-state index contributed by atoms with van der Waals surface area (Å²) in [7, 11) is 0. The molecule has 3 unspecified atom stereocenters. The first-order valence-electron chi connectivity index (χ1n) is 6.81. The molecule has 1 aliphatic carbocycles. The Labute approximate surface area is 108 Å². The third-order valence-electron chi connectivity index (χ3n) is 4.16. The standard InChI is InChI=1S/C15H19NO2/c1-10-6-2-5-9-13(10)16-14-11-7-3-4-8-12(11)15(17)18-14/h3-4,7-8,10,13-14,16H,2,5-6,9H2,1H3. The van der Waals surface area contributed by atoms with Crippen LogP contribution in [0.4, 0.5) is 0 Å². The molecular formula is C15H19NO2. The third-order valence-corrected chi connectivity index (χ3v) is 4.16. The Kier molecular flexibility index (Phi) is 3.08. The fourth-order valence-electron chi connectivity index (χ4n) is 3.03. The Morgan fingerprint density at radius 3 is 2.83 bits per heavy atom. The Bertz CT molecular complexity index is 458. The number of rotatable bonds is 2. The van der Waals surface area contributed by atoms with Crippen molar-refractivity contribution in [2.24, 2.45) is 5.92 Å². The van der Waals surface area contributed by atoms with Crippen molar-refractivity contribution in [3.8, 4) is 0 Å². The molecule has 0 amide bonds. The molecule has 1 heterocycles. The maximum absolute atomic E-state index is 11.7. The Balaban J connectivity index is 1.76. The van der Waals surface area contributed by atoms with E-state index in [2.05, 4.69) is 12.2 Å². The van der Waals surface area contributed by atoms with Crippen LogP contribution in [0.5, 0.6) is 0 Å². The molecule has 1 aromatic carbocycles. The molecular weight excluding hydrogens is 226 g/mol. The van der Waals surface area contributed by atoms with Crippen LogP contribution in [0.2, 0.25) is 0 Å². The lowest BCUT2D eigenvalue weighted by molar-refractivity contribution is 0.0234. The van der Waals surface area contributed by atoms with Crippen molar-refractivity contribution >= 4 is 5.97 Å². The maximum atomic E-state index is 11.7. The van der Waals surface area contributed by atoms with Crippen molar-refractivity contribution in [3.63, 3.8) is 0 Å². The lowest BCUT2D eigenvalue weighted by atomic mass is 9.85. The molecule has 1 fully saturated rings. The van der Waals surface area contributed by atoms with Gasteiger partial charge in [-0.1, -0.05) is 38.0 Å². The molecule has 3 rings (SSSR count). The molecule has 3 atom stereocenters. The second-order valence-corrected chi connectivity index (χ2v) is 5.41. The summed E-state index contributed by atoms with van der Waals surface area (Å²) in [4.78, 5) is 11.7. The molecule has 1 aliphatic heterocycles. The number of carbonyl (C=O) groups excluding carboxylic acids is 1. The number of nitrogens with one attached hydrogen (secondary N) is 1. The summed E-state index contributed by atoms with van der Waals surface area (Å²) in [6.45, 7) is 2.28. The highest BCUT2D eigenvalue weighted by molar-refractivity contribution is 5.93. The van der Waals surface area contributed by atoms with Crippen molar-refractivity contribution in [2.45, 2.75) is 44.9 Å². The number of carbonyl (C=O) groups is 1. The van der Waals surface area contributed by atoms with Crippen molar-refractivity contribution in [2.75, 3.05) is 0 Å². The van der Waals surface area contributed by atoms with Gasteiger partial charge < -0.3 is 4.74 Å². The molecule has 0 saturated heterocycles. The number of ether oxygens (including phenoxy) is 1. The van der Waals surface area contributed by atoms with Crippen LogP contribution in [0, 0.1) is 5.92 Å². The van der Waals surface area contributed by atoms with Gasteiger partial charge in [-0.15, -0.1) is 0 Å². The summed E-state index contributed by atoms with van der Waals surface area (Å²) in [6.07, 6.45) is 4.78. The van der Waals surface area contributed by atoms with Gasteiger partial charge in [0.2, 0.25) is 0 Å². The molecule has 0 bridgehead atoms. The first kappa shape index (κ1) is 11.7. The molecule has 2 aliphatic rings. The topological polar surface area (TPSA) is 38.3 Å². The second kappa shape index (κ2) is 4.73. The molecule has 1 N–H and O–H groups in total. The summed E-state index contributed by atoms with van der Waals surface area (Å²) >= 11 is 0. The molecule has 3 heteroatoms. The first-order chi connectivity index (χ1) is 8.75. The molecule has 1 aromatic rings. The number of esters is 1. The van der Waals surface area contributed by atoms with Gasteiger partial charge >= 0.3 is 5.97 Å². The van der Waals surface area contributed by atoms with Gasteiger partial charge in [0.15, 0.2) is 6.23 Å². The van der Waals surface area contributed by atoms with Gasteiger partial charge in [0, 0.05) is 11.6 Å². The van der Waals surface area contributed by atoms with Crippen molar-refractivity contribution in [1.82, 2.24) is 5.32 Å². The van der Waals surface area contributed by atoms with Gasteiger partial charge in [-0.25, -0.2) is 4.79 Å². The molecule has 0 radical (unpaired) electrons. The van der Waals surface area contributed by atoms with Crippen LogP contribution in [0.25, 0.3) is 0 Å². The Morgan fingerprint density at radius 1 is 1.22 bits per heavy atom. The van der Waals surface area contributed by atoms with E-state index < -0.39 is 0 Å². The molecule has 0 spiro atoms. The highest BCUT2D eigenvalue weighted by Gasteiger charge is 2.33. The average molecular weight is 245 g/mol. The van der Waals surface area contributed by atoms with Gasteiger partial charge in [-0.3, -0.25) is 5.32 Å². The van der Waals surface area contributed by atoms with E-state index in [1.165, 1.54) is 25.7 Å². The predicted molar refractivity (Wildman–Crippen MR) is 69.2 cm³/mol. The van der Waals surface area contributed by atoms with Crippen LogP contribution in [0.3, 0.4) is 0 Å². The van der Waals surface area contributed by atoms with Crippen LogP contribution in [0.1, 0.15) is 54.8 Å². The van der Waals surface area contributed by atoms with E-state index in [0.29, 0.717) is 17.5 Å². The number of fused-ring (bicyclic) bond motifs is 1. The van der Waals surface area contributed by atoms with Gasteiger partial charge in [-0.05, 0) is 24.8 Å². The van der Waals surface area contributed by atoms with Crippen molar-refractivity contribution in [1.29, 1.82) is 0 Å². The monoisotopic (exact) mass is 245 g/mol. The first-order valence-corrected chi connectivity index (χ1v) is 6.81. The number of cyclic esters (lactones) is 1. The van der Waals surface area contributed by atoms with Crippen LogP contribution in [-0.2, 0) is 4.74 Å². The maximum Gasteiger partial charge on any atom is 0.340 e. The van der Waals surface area contributed by atoms with E-state index >= 15 is 0 Å². The van der Waals surface area contributed by atoms with Crippen molar-refractivity contribution in [3.05, 3.63) is 35.4 Å². The van der Waals surface area contributed by atoms with E-state index in [1.807, 2.05) is 24.3 Å². The number of hydrogen-bond donors (Lipinski definition) is 1. The second-order valence-electron chi connectivity index (χ2n) is 5.41. The van der Waals surface area contributed by atoms with E-state index in [4.69, 9.17) is 4.74 Å². The summed E-state index contributed by atoms with van der Waals surface area (Å²) in [6, 6.07) is 8.11. The van der Waals surface area contributed by atoms with Crippen LogP contribution >= 0.6 is 0 Å². The Hall–Kier alpha value is -1.35. The van der Waals surface area contributed by atoms with Crippen LogP contribution < -0.4 is 5.32 Å². The smallest absolute Gasteiger partial charge is 0.340 e. The highest BCUT2D eigenvalue weighted by Crippen LogP contribution is 2.32. The summed E-state index contributed by atoms with van der Waals surface area (Å²) in [5.41, 5.74) is 1.69. The number of hydrogen-bond acceptors (Lipinski definition) is 3. The zero-order valence-corrected chi connectivity index (χ0v) is 10.7. The van der Waals surface area contributed by atoms with E-state index in [1.54, 1.807) is 0 Å². The molecule has 18 heavy (non-hydrogen) atoms. The third kappa shape index (κ3) is 2.03. The molecule has 3 nitrogen and oxygen atoms in total. The highest BCUT2D eigenvalue weighted by atomic mass is 16.6. The zero-order valence-electron chi connectivity index (χ0n) is 10.7. The van der Waals surface area contributed by atoms with Gasteiger partial charge in [0.1, 0.15) is 0 Å². The molecule has 1 saturated carbocycles. The largest absolute Gasteiger partial charge is 0.439 e. The van der Waals surface area contributed by atoms with Gasteiger partial charge in [0.25, 0.3) is 0 Å². The molecule has 0 aromatic heterocycles. The fraction of sp³-hybridized carbons (Fsp3) is 0.533. The normalized spacial score (nSPS) is 30.9. The lowest BCUT2D eigenvalue weighted by Gasteiger charge is -2.31. The molecule has 96 valence electrons. The predicted octanol–water partition coefficient (Wildman–Crippen LogP) is 3.02.